The number of aliphatic hydroxyl groups excluding tert-OH is 2. The predicted molar refractivity (Wildman–Crippen MR) is 54.9 cm³/mol. The molecular formula is C10H14N2O2. The average Bonchev–Trinajstić information content (AvgIpc) is 2.21. The third-order valence-electron chi connectivity index (χ3n) is 1.93. The number of rotatable bonds is 4. The largest absolute Gasteiger partial charge is 0.396 e. The van der Waals surface area contributed by atoms with E-state index in [0.717, 1.165) is 5.56 Å². The maximum Gasteiger partial charge on any atom is 0.100 e. The molecule has 0 aliphatic heterocycles. The van der Waals surface area contributed by atoms with Crippen molar-refractivity contribution in [2.45, 2.75) is 12.5 Å². The lowest BCUT2D eigenvalue weighted by Crippen LogP contribution is -2.24. The number of nitrogens with two attached hydrogens (primary N) is 1. The summed E-state index contributed by atoms with van der Waals surface area (Å²) in [5.74, 6) is 5.18. The number of hydrogen-bond donors (Lipinski definition) is 3. The summed E-state index contributed by atoms with van der Waals surface area (Å²) in [6.07, 6.45) is -0.572. The van der Waals surface area contributed by atoms with E-state index >= 15 is 0 Å². The quantitative estimate of drug-likeness (QED) is 0.361. The summed E-state index contributed by atoms with van der Waals surface area (Å²) in [5, 5.41) is 21.8. The summed E-state index contributed by atoms with van der Waals surface area (Å²) < 4.78 is 0. The van der Waals surface area contributed by atoms with Gasteiger partial charge in [0.1, 0.15) is 6.10 Å². The van der Waals surface area contributed by atoms with Crippen molar-refractivity contribution in [3.8, 4) is 0 Å². The van der Waals surface area contributed by atoms with Crippen LogP contribution < -0.4 is 5.84 Å². The average molecular weight is 194 g/mol. The molecule has 1 rings (SSSR count). The van der Waals surface area contributed by atoms with Gasteiger partial charge in [-0.25, -0.2) is 0 Å². The number of hydrazone groups is 1. The topological polar surface area (TPSA) is 78.8 Å². The van der Waals surface area contributed by atoms with Crippen LogP contribution in [0.2, 0.25) is 0 Å². The van der Waals surface area contributed by atoms with Gasteiger partial charge in [0.25, 0.3) is 0 Å². The second kappa shape index (κ2) is 5.36. The van der Waals surface area contributed by atoms with Gasteiger partial charge in [0, 0.05) is 18.6 Å². The van der Waals surface area contributed by atoms with Gasteiger partial charge in [0.2, 0.25) is 0 Å². The van der Waals surface area contributed by atoms with Crippen molar-refractivity contribution in [3.63, 3.8) is 0 Å². The van der Waals surface area contributed by atoms with Crippen LogP contribution in [0.4, 0.5) is 0 Å². The zero-order valence-electron chi connectivity index (χ0n) is 7.80. The fourth-order valence-electron chi connectivity index (χ4n) is 1.22. The minimum absolute atomic E-state index is 0.0903. The van der Waals surface area contributed by atoms with Gasteiger partial charge in [-0.3, -0.25) is 0 Å². The summed E-state index contributed by atoms with van der Waals surface area (Å²) in [6, 6.07) is 9.17. The standard InChI is InChI=1S/C10H14N2O2/c11-12-10(9(14)6-7-13)8-4-2-1-3-5-8/h1-5,9,13-14H,6-7,11H2. The molecule has 0 spiro atoms. The van der Waals surface area contributed by atoms with E-state index in [-0.39, 0.29) is 13.0 Å². The van der Waals surface area contributed by atoms with Crippen LogP contribution in [0.25, 0.3) is 0 Å². The first-order chi connectivity index (χ1) is 6.79. The maximum absolute atomic E-state index is 9.59. The molecule has 0 aliphatic rings. The lowest BCUT2D eigenvalue weighted by atomic mass is 10.0. The Hall–Kier alpha value is -1.39. The first-order valence-electron chi connectivity index (χ1n) is 4.41. The van der Waals surface area contributed by atoms with Crippen molar-refractivity contribution in [3.05, 3.63) is 35.9 Å². The zero-order valence-corrected chi connectivity index (χ0v) is 7.80. The van der Waals surface area contributed by atoms with Crippen molar-refractivity contribution < 1.29 is 10.2 Å². The third kappa shape index (κ3) is 2.55. The van der Waals surface area contributed by atoms with E-state index in [0.29, 0.717) is 5.71 Å². The number of nitrogens with zero attached hydrogens (tertiary/aromatic N) is 1. The van der Waals surface area contributed by atoms with E-state index in [4.69, 9.17) is 10.9 Å². The Morgan fingerprint density at radius 1 is 1.36 bits per heavy atom. The maximum atomic E-state index is 9.59. The van der Waals surface area contributed by atoms with Crippen LogP contribution in [0.3, 0.4) is 0 Å². The molecule has 0 saturated carbocycles. The highest BCUT2D eigenvalue weighted by Gasteiger charge is 2.13. The van der Waals surface area contributed by atoms with Gasteiger partial charge in [-0.05, 0) is 0 Å². The molecule has 0 radical (unpaired) electrons. The van der Waals surface area contributed by atoms with E-state index in [1.807, 2.05) is 30.3 Å². The molecule has 4 nitrogen and oxygen atoms in total. The van der Waals surface area contributed by atoms with Gasteiger partial charge in [-0.1, -0.05) is 30.3 Å². The van der Waals surface area contributed by atoms with E-state index in [2.05, 4.69) is 5.10 Å². The molecule has 0 heterocycles. The Morgan fingerprint density at radius 3 is 2.50 bits per heavy atom. The summed E-state index contributed by atoms with van der Waals surface area (Å²) in [4.78, 5) is 0. The second-order valence-corrected chi connectivity index (χ2v) is 2.91. The van der Waals surface area contributed by atoms with E-state index in [9.17, 15) is 5.11 Å². The molecule has 1 aromatic carbocycles. The molecule has 4 heteroatoms. The molecule has 0 bridgehead atoms. The normalized spacial score (nSPS) is 14.0. The zero-order chi connectivity index (χ0) is 10.4. The van der Waals surface area contributed by atoms with E-state index < -0.39 is 6.10 Å². The Balaban J connectivity index is 2.83. The molecule has 4 N–H and O–H groups in total. The molecular weight excluding hydrogens is 180 g/mol. The highest BCUT2D eigenvalue weighted by Crippen LogP contribution is 2.06. The SMILES string of the molecule is NN=C(c1ccccc1)C(O)CCO. The molecule has 0 saturated heterocycles. The van der Waals surface area contributed by atoms with Crippen molar-refractivity contribution >= 4 is 5.71 Å². The van der Waals surface area contributed by atoms with Gasteiger partial charge >= 0.3 is 0 Å². The molecule has 0 amide bonds. The van der Waals surface area contributed by atoms with Crippen LogP contribution in [0, 0.1) is 0 Å². The molecule has 0 fully saturated rings. The predicted octanol–water partition coefficient (Wildman–Crippen LogP) is 0.0927. The monoisotopic (exact) mass is 194 g/mol. The lowest BCUT2D eigenvalue weighted by Gasteiger charge is -2.11. The second-order valence-electron chi connectivity index (χ2n) is 2.91. The van der Waals surface area contributed by atoms with Gasteiger partial charge in [0.05, 0.1) is 5.71 Å². The van der Waals surface area contributed by atoms with Gasteiger partial charge in [-0.2, -0.15) is 5.10 Å². The molecule has 0 aromatic heterocycles. The Kier molecular flexibility index (Phi) is 4.10. The minimum Gasteiger partial charge on any atom is -0.396 e. The molecule has 1 atom stereocenters. The van der Waals surface area contributed by atoms with Crippen molar-refractivity contribution in [2.24, 2.45) is 10.9 Å². The first kappa shape index (κ1) is 10.7. The first-order valence-corrected chi connectivity index (χ1v) is 4.41. The van der Waals surface area contributed by atoms with Crippen LogP contribution in [-0.4, -0.2) is 28.6 Å². The van der Waals surface area contributed by atoms with Crippen LogP contribution in [0.5, 0.6) is 0 Å². The molecule has 76 valence electrons. The minimum atomic E-state index is -0.813. The Labute approximate surface area is 82.7 Å². The molecule has 1 unspecified atom stereocenters. The smallest absolute Gasteiger partial charge is 0.100 e. The highest BCUT2D eigenvalue weighted by molar-refractivity contribution is 6.03. The Bertz CT molecular complexity index is 298. The summed E-state index contributed by atoms with van der Waals surface area (Å²) >= 11 is 0. The molecule has 0 aliphatic carbocycles. The van der Waals surface area contributed by atoms with Crippen LogP contribution in [0.1, 0.15) is 12.0 Å². The fraction of sp³-hybridized carbons (Fsp3) is 0.300. The van der Waals surface area contributed by atoms with Gasteiger partial charge in [0.15, 0.2) is 0 Å². The third-order valence-corrected chi connectivity index (χ3v) is 1.93. The fourth-order valence-corrected chi connectivity index (χ4v) is 1.22. The van der Waals surface area contributed by atoms with Gasteiger partial charge < -0.3 is 16.1 Å². The van der Waals surface area contributed by atoms with Crippen molar-refractivity contribution in [2.75, 3.05) is 6.61 Å². The van der Waals surface area contributed by atoms with E-state index in [1.54, 1.807) is 0 Å². The van der Waals surface area contributed by atoms with Crippen LogP contribution in [-0.2, 0) is 0 Å². The van der Waals surface area contributed by atoms with Crippen molar-refractivity contribution in [1.82, 2.24) is 0 Å². The summed E-state index contributed by atoms with van der Waals surface area (Å²) in [7, 11) is 0. The molecule has 1 aromatic rings. The Morgan fingerprint density at radius 2 is 2.00 bits per heavy atom. The van der Waals surface area contributed by atoms with Crippen LogP contribution in [0.15, 0.2) is 35.4 Å². The van der Waals surface area contributed by atoms with Crippen LogP contribution >= 0.6 is 0 Å². The van der Waals surface area contributed by atoms with Gasteiger partial charge in [-0.15, -0.1) is 0 Å². The highest BCUT2D eigenvalue weighted by atomic mass is 16.3. The van der Waals surface area contributed by atoms with Crippen molar-refractivity contribution in [1.29, 1.82) is 0 Å². The molecule has 14 heavy (non-hydrogen) atoms. The lowest BCUT2D eigenvalue weighted by molar-refractivity contribution is 0.183. The number of aliphatic hydroxyl groups is 2. The van der Waals surface area contributed by atoms with E-state index in [1.165, 1.54) is 0 Å². The summed E-state index contributed by atoms with van der Waals surface area (Å²) in [6.45, 7) is -0.0903. The number of benzene rings is 1. The summed E-state index contributed by atoms with van der Waals surface area (Å²) in [5.41, 5.74) is 1.18. The number of hydrogen-bond acceptors (Lipinski definition) is 4.